The fraction of sp³-hybridized carbons (Fsp3) is 0.200. The van der Waals surface area contributed by atoms with Gasteiger partial charge in [-0.2, -0.15) is 0 Å². The zero-order valence-corrected chi connectivity index (χ0v) is 9.95. The molecule has 1 heterocycles. The van der Waals surface area contributed by atoms with Crippen LogP contribution in [0.5, 0.6) is 5.75 Å². The van der Waals surface area contributed by atoms with Crippen LogP contribution in [0.2, 0.25) is 0 Å². The topological polar surface area (TPSA) is 35.2 Å². The number of ether oxygens (including phenoxy) is 1. The van der Waals surface area contributed by atoms with Crippen molar-refractivity contribution < 1.29 is 9.13 Å². The van der Waals surface area contributed by atoms with Gasteiger partial charge in [0.1, 0.15) is 11.6 Å². The van der Waals surface area contributed by atoms with Crippen molar-refractivity contribution in [3.8, 4) is 16.9 Å². The van der Waals surface area contributed by atoms with Crippen molar-refractivity contribution in [1.29, 1.82) is 0 Å². The van der Waals surface area contributed by atoms with E-state index in [0.717, 1.165) is 23.3 Å². The van der Waals surface area contributed by atoms with E-state index in [2.05, 4.69) is 6.07 Å². The molecule has 1 aliphatic heterocycles. The third kappa shape index (κ3) is 1.77. The monoisotopic (exact) mass is 243 g/mol. The summed E-state index contributed by atoms with van der Waals surface area (Å²) < 4.78 is 19.4. The number of rotatable bonds is 2. The van der Waals surface area contributed by atoms with E-state index in [0.29, 0.717) is 12.2 Å². The largest absolute Gasteiger partial charge is 0.492 e. The molecule has 0 unspecified atom stereocenters. The third-order valence-corrected chi connectivity index (χ3v) is 3.30. The number of nitrogens with two attached hydrogens (primary N) is 1. The molecule has 2 aromatic carbocycles. The van der Waals surface area contributed by atoms with Gasteiger partial charge in [-0.05, 0) is 17.2 Å². The van der Waals surface area contributed by atoms with Gasteiger partial charge < -0.3 is 10.5 Å². The first-order chi connectivity index (χ1) is 8.79. The van der Waals surface area contributed by atoms with Crippen molar-refractivity contribution >= 4 is 0 Å². The van der Waals surface area contributed by atoms with Gasteiger partial charge in [-0.1, -0.05) is 30.3 Å². The summed E-state index contributed by atoms with van der Waals surface area (Å²) in [6.45, 7) is 0.922. The molecule has 0 saturated carbocycles. The average Bonchev–Trinajstić information content (AvgIpc) is 2.86. The van der Waals surface area contributed by atoms with Crippen molar-refractivity contribution in [2.24, 2.45) is 5.73 Å². The maximum absolute atomic E-state index is 13.8. The second-order valence-electron chi connectivity index (χ2n) is 4.40. The first-order valence-corrected chi connectivity index (χ1v) is 6.03. The van der Waals surface area contributed by atoms with Crippen molar-refractivity contribution in [2.75, 3.05) is 6.61 Å². The molecule has 0 saturated heterocycles. The highest BCUT2D eigenvalue weighted by Gasteiger charge is 2.17. The van der Waals surface area contributed by atoms with E-state index in [-0.39, 0.29) is 12.4 Å². The summed E-state index contributed by atoms with van der Waals surface area (Å²) in [7, 11) is 0. The van der Waals surface area contributed by atoms with Crippen LogP contribution in [-0.2, 0) is 13.0 Å². The van der Waals surface area contributed by atoms with E-state index in [1.54, 1.807) is 6.07 Å². The zero-order chi connectivity index (χ0) is 12.5. The summed E-state index contributed by atoms with van der Waals surface area (Å²) >= 11 is 0. The zero-order valence-electron chi connectivity index (χ0n) is 9.95. The van der Waals surface area contributed by atoms with Crippen molar-refractivity contribution in [3.63, 3.8) is 0 Å². The van der Waals surface area contributed by atoms with Crippen LogP contribution < -0.4 is 10.5 Å². The van der Waals surface area contributed by atoms with Gasteiger partial charge in [0.15, 0.2) is 0 Å². The number of para-hydroxylation sites is 1. The van der Waals surface area contributed by atoms with E-state index in [1.807, 2.05) is 18.2 Å². The van der Waals surface area contributed by atoms with Gasteiger partial charge in [-0.25, -0.2) is 4.39 Å². The molecule has 0 aromatic heterocycles. The minimum Gasteiger partial charge on any atom is -0.492 e. The number of hydrogen-bond acceptors (Lipinski definition) is 2. The highest BCUT2D eigenvalue weighted by atomic mass is 19.1. The number of fused-ring (bicyclic) bond motifs is 1. The van der Waals surface area contributed by atoms with Crippen LogP contribution >= 0.6 is 0 Å². The Morgan fingerprint density at radius 2 is 2.11 bits per heavy atom. The molecule has 1 aliphatic rings. The molecule has 2 N–H and O–H groups in total. The molecular formula is C15H14FNO. The Bertz CT molecular complexity index is 595. The number of halogens is 1. The van der Waals surface area contributed by atoms with E-state index in [1.165, 1.54) is 11.6 Å². The Morgan fingerprint density at radius 3 is 2.89 bits per heavy atom. The molecule has 2 nitrogen and oxygen atoms in total. The first-order valence-electron chi connectivity index (χ1n) is 6.03. The minimum absolute atomic E-state index is 0.218. The highest BCUT2D eigenvalue weighted by molar-refractivity contribution is 5.73. The molecule has 0 amide bonds. The lowest BCUT2D eigenvalue weighted by Gasteiger charge is -2.09. The van der Waals surface area contributed by atoms with E-state index < -0.39 is 0 Å². The number of benzene rings is 2. The molecule has 0 atom stereocenters. The Labute approximate surface area is 105 Å². The molecule has 3 heteroatoms. The Kier molecular flexibility index (Phi) is 2.76. The molecule has 3 rings (SSSR count). The fourth-order valence-corrected chi connectivity index (χ4v) is 2.32. The second-order valence-corrected chi connectivity index (χ2v) is 4.40. The molecule has 92 valence electrons. The van der Waals surface area contributed by atoms with Gasteiger partial charge in [0.2, 0.25) is 0 Å². The molecule has 0 spiro atoms. The van der Waals surface area contributed by atoms with Crippen LogP contribution in [0.25, 0.3) is 11.1 Å². The van der Waals surface area contributed by atoms with E-state index in [9.17, 15) is 4.39 Å². The van der Waals surface area contributed by atoms with Crippen LogP contribution in [0.4, 0.5) is 4.39 Å². The van der Waals surface area contributed by atoms with Crippen LogP contribution in [0, 0.1) is 5.82 Å². The lowest BCUT2D eigenvalue weighted by Crippen LogP contribution is -1.99. The summed E-state index contributed by atoms with van der Waals surface area (Å²) in [6, 6.07) is 11.1. The first kappa shape index (κ1) is 11.2. The van der Waals surface area contributed by atoms with Gasteiger partial charge in [0.25, 0.3) is 0 Å². The molecule has 0 bridgehead atoms. The third-order valence-electron chi connectivity index (χ3n) is 3.30. The fourth-order valence-electron chi connectivity index (χ4n) is 2.32. The van der Waals surface area contributed by atoms with Gasteiger partial charge in [0, 0.05) is 24.1 Å². The quantitative estimate of drug-likeness (QED) is 0.880. The lowest BCUT2D eigenvalue weighted by molar-refractivity contribution is 0.358. The summed E-state index contributed by atoms with van der Waals surface area (Å²) in [5, 5.41) is 0. The van der Waals surface area contributed by atoms with Crippen LogP contribution in [0.15, 0.2) is 36.4 Å². The maximum atomic E-state index is 13.8. The van der Waals surface area contributed by atoms with Gasteiger partial charge in [-0.3, -0.25) is 0 Å². The molecule has 2 aromatic rings. The Hall–Kier alpha value is -1.87. The van der Waals surface area contributed by atoms with Crippen LogP contribution in [-0.4, -0.2) is 6.61 Å². The molecule has 0 aliphatic carbocycles. The van der Waals surface area contributed by atoms with E-state index in [4.69, 9.17) is 10.5 Å². The second kappa shape index (κ2) is 4.42. The molecular weight excluding hydrogens is 229 g/mol. The van der Waals surface area contributed by atoms with Crippen molar-refractivity contribution in [3.05, 3.63) is 53.3 Å². The summed E-state index contributed by atoms with van der Waals surface area (Å²) in [6.07, 6.45) is 0.923. The number of hydrogen-bond donors (Lipinski definition) is 1. The normalized spacial score (nSPS) is 13.2. The average molecular weight is 243 g/mol. The maximum Gasteiger partial charge on any atom is 0.130 e. The predicted octanol–water partition coefficient (Wildman–Crippen LogP) is 2.89. The summed E-state index contributed by atoms with van der Waals surface area (Å²) in [4.78, 5) is 0. The van der Waals surface area contributed by atoms with E-state index >= 15 is 0 Å². The van der Waals surface area contributed by atoms with Gasteiger partial charge >= 0.3 is 0 Å². The summed E-state index contributed by atoms with van der Waals surface area (Å²) in [5.41, 5.74) is 8.98. The van der Waals surface area contributed by atoms with Crippen LogP contribution in [0.3, 0.4) is 0 Å². The molecule has 0 fully saturated rings. The van der Waals surface area contributed by atoms with Gasteiger partial charge in [0.05, 0.1) is 6.61 Å². The van der Waals surface area contributed by atoms with Gasteiger partial charge in [-0.15, -0.1) is 0 Å². The SMILES string of the molecule is NCc1ccc(-c2cccc3c2OCC3)cc1F. The Balaban J connectivity index is 2.10. The minimum atomic E-state index is -0.259. The van der Waals surface area contributed by atoms with Crippen LogP contribution in [0.1, 0.15) is 11.1 Å². The standard InChI is InChI=1S/C15H14FNO/c16-14-8-11(4-5-12(14)9-17)13-3-1-2-10-6-7-18-15(10)13/h1-5,8H,6-7,9,17H2. The lowest BCUT2D eigenvalue weighted by atomic mass is 10.00. The molecule has 18 heavy (non-hydrogen) atoms. The summed E-state index contributed by atoms with van der Waals surface area (Å²) in [5.74, 6) is 0.628. The van der Waals surface area contributed by atoms with Crippen molar-refractivity contribution in [2.45, 2.75) is 13.0 Å². The predicted molar refractivity (Wildman–Crippen MR) is 68.9 cm³/mol. The highest BCUT2D eigenvalue weighted by Crippen LogP contribution is 2.37. The smallest absolute Gasteiger partial charge is 0.130 e. The Morgan fingerprint density at radius 1 is 1.22 bits per heavy atom. The molecule has 0 radical (unpaired) electrons. The van der Waals surface area contributed by atoms with Crippen molar-refractivity contribution in [1.82, 2.24) is 0 Å².